The molecule has 7 nitrogen and oxygen atoms in total. The Hall–Kier alpha value is -1.94. The quantitative estimate of drug-likeness (QED) is 0.329. The van der Waals surface area contributed by atoms with Crippen molar-refractivity contribution in [3.63, 3.8) is 0 Å². The van der Waals surface area contributed by atoms with E-state index in [0.29, 0.717) is 0 Å². The van der Waals surface area contributed by atoms with Crippen LogP contribution >= 0.6 is 0 Å². The van der Waals surface area contributed by atoms with Gasteiger partial charge in [-0.1, -0.05) is 54.4 Å². The standard InChI is InChI=1S/C8H15N.2C4H10.2CH2O3/c1-2-3-4-5-6-7-8-9;2*1-4(2)3;2*2-1(3)4/h1H,3-9H2;2*4H,1-3H3;2*(H2,2,3,4). The van der Waals surface area contributed by atoms with Gasteiger partial charge in [0.1, 0.15) is 0 Å². The molecular weight excluding hydrogens is 326 g/mol. The Kier molecular flexibility index (Phi) is 46.3. The van der Waals surface area contributed by atoms with Gasteiger partial charge in [-0.2, -0.15) is 0 Å². The summed E-state index contributed by atoms with van der Waals surface area (Å²) in [6, 6.07) is 0. The molecule has 0 bridgehead atoms. The van der Waals surface area contributed by atoms with Gasteiger partial charge in [0.2, 0.25) is 0 Å². The second-order valence-corrected chi connectivity index (χ2v) is 6.19. The smallest absolute Gasteiger partial charge is 0.450 e. The maximum atomic E-state index is 8.56. The summed E-state index contributed by atoms with van der Waals surface area (Å²) in [5.41, 5.74) is 5.30. The molecule has 0 unspecified atom stereocenters. The molecule has 0 aromatic rings. The van der Waals surface area contributed by atoms with E-state index >= 15 is 0 Å². The predicted octanol–water partition coefficient (Wildman–Crippen LogP) is 5.30. The van der Waals surface area contributed by atoms with Crippen molar-refractivity contribution in [3.8, 4) is 12.3 Å². The molecule has 0 heterocycles. The Labute approximate surface area is 153 Å². The Balaban J connectivity index is -0.0000000714. The largest absolute Gasteiger partial charge is 0.503 e. The SMILES string of the molecule is C#CCCCCCCN.CC(C)C.CC(C)C.O=C(O)O.O=C(O)O. The van der Waals surface area contributed by atoms with Crippen molar-refractivity contribution in [2.45, 2.75) is 73.6 Å². The summed E-state index contributed by atoms with van der Waals surface area (Å²) in [5, 5.41) is 27.9. The van der Waals surface area contributed by atoms with Gasteiger partial charge in [-0.15, -0.1) is 12.3 Å². The maximum absolute atomic E-state index is 8.56. The highest BCUT2D eigenvalue weighted by atomic mass is 16.6. The number of carboxylic acid groups (broad SMARTS) is 4. The van der Waals surface area contributed by atoms with Crippen LogP contribution in [0.2, 0.25) is 0 Å². The van der Waals surface area contributed by atoms with Crippen LogP contribution in [-0.4, -0.2) is 39.3 Å². The fraction of sp³-hybridized carbons (Fsp3) is 0.778. The minimum Gasteiger partial charge on any atom is -0.450 e. The number of terminal acetylenes is 1. The van der Waals surface area contributed by atoms with Crippen molar-refractivity contribution < 1.29 is 30.0 Å². The lowest BCUT2D eigenvalue weighted by Gasteiger charge is -1.93. The lowest BCUT2D eigenvalue weighted by molar-refractivity contribution is 0.135. The van der Waals surface area contributed by atoms with Crippen LogP contribution in [0.1, 0.15) is 73.6 Å². The molecule has 0 spiro atoms. The summed E-state index contributed by atoms with van der Waals surface area (Å²) >= 11 is 0. The second-order valence-electron chi connectivity index (χ2n) is 6.19. The minimum atomic E-state index is -1.83. The Bertz CT molecular complexity index is 267. The normalized spacial score (nSPS) is 8.00. The van der Waals surface area contributed by atoms with E-state index < -0.39 is 12.3 Å². The van der Waals surface area contributed by atoms with Gasteiger partial charge in [0.15, 0.2) is 0 Å². The molecule has 0 aromatic heterocycles. The van der Waals surface area contributed by atoms with Gasteiger partial charge < -0.3 is 26.2 Å². The van der Waals surface area contributed by atoms with Gasteiger partial charge in [-0.25, -0.2) is 9.59 Å². The van der Waals surface area contributed by atoms with Crippen molar-refractivity contribution in [1.29, 1.82) is 0 Å². The Morgan fingerprint density at radius 3 is 1.24 bits per heavy atom. The molecule has 6 N–H and O–H groups in total. The fourth-order valence-electron chi connectivity index (χ4n) is 0.725. The van der Waals surface area contributed by atoms with E-state index in [9.17, 15) is 0 Å². The van der Waals surface area contributed by atoms with E-state index in [0.717, 1.165) is 37.6 Å². The first-order valence-corrected chi connectivity index (χ1v) is 8.32. The van der Waals surface area contributed by atoms with Crippen LogP contribution in [0.15, 0.2) is 0 Å². The molecule has 0 radical (unpaired) electrons. The molecule has 0 rings (SSSR count). The third kappa shape index (κ3) is 539. The van der Waals surface area contributed by atoms with Crippen LogP contribution in [-0.2, 0) is 0 Å². The van der Waals surface area contributed by atoms with E-state index in [-0.39, 0.29) is 0 Å². The summed E-state index contributed by atoms with van der Waals surface area (Å²) < 4.78 is 0. The Morgan fingerprint density at radius 2 is 1.04 bits per heavy atom. The van der Waals surface area contributed by atoms with Crippen LogP contribution < -0.4 is 5.73 Å². The van der Waals surface area contributed by atoms with E-state index in [2.05, 4.69) is 47.5 Å². The third-order valence-electron chi connectivity index (χ3n) is 1.28. The first kappa shape index (κ1) is 34.4. The first-order valence-electron chi connectivity index (χ1n) is 8.32. The zero-order chi connectivity index (χ0) is 21.3. The fourth-order valence-corrected chi connectivity index (χ4v) is 0.725. The van der Waals surface area contributed by atoms with Crippen molar-refractivity contribution in [1.82, 2.24) is 0 Å². The molecule has 25 heavy (non-hydrogen) atoms. The van der Waals surface area contributed by atoms with Gasteiger partial charge in [0.05, 0.1) is 0 Å². The first-order chi connectivity index (χ1) is 11.3. The number of hydrogen-bond acceptors (Lipinski definition) is 3. The molecule has 0 saturated carbocycles. The monoisotopic (exact) mass is 365 g/mol. The summed E-state index contributed by atoms with van der Waals surface area (Å²) in [4.78, 5) is 17.1. The van der Waals surface area contributed by atoms with Crippen LogP contribution in [0, 0.1) is 24.2 Å². The number of carbonyl (C=O) groups is 2. The molecule has 0 amide bonds. The van der Waals surface area contributed by atoms with E-state index in [1.165, 1.54) is 12.8 Å². The molecule has 0 saturated heterocycles. The van der Waals surface area contributed by atoms with Crippen LogP contribution in [0.25, 0.3) is 0 Å². The molecule has 0 aromatic carbocycles. The molecule has 0 aliphatic rings. The average Bonchev–Trinajstić information content (AvgIpc) is 2.36. The van der Waals surface area contributed by atoms with E-state index in [1.807, 2.05) is 0 Å². The molecule has 0 atom stereocenters. The van der Waals surface area contributed by atoms with Gasteiger partial charge in [0, 0.05) is 6.42 Å². The number of nitrogens with two attached hydrogens (primary N) is 1. The highest BCUT2D eigenvalue weighted by Crippen LogP contribution is 2.00. The van der Waals surface area contributed by atoms with Gasteiger partial charge in [-0.05, 0) is 31.2 Å². The average molecular weight is 366 g/mol. The molecule has 0 fully saturated rings. The van der Waals surface area contributed by atoms with Crippen molar-refractivity contribution in [2.24, 2.45) is 17.6 Å². The number of hydrogen-bond donors (Lipinski definition) is 5. The van der Waals surface area contributed by atoms with Gasteiger partial charge >= 0.3 is 12.3 Å². The summed E-state index contributed by atoms with van der Waals surface area (Å²) in [5.74, 6) is 4.28. The molecule has 0 aliphatic carbocycles. The zero-order valence-electron chi connectivity index (χ0n) is 16.7. The Morgan fingerprint density at radius 1 is 0.800 bits per heavy atom. The van der Waals surface area contributed by atoms with Gasteiger partial charge in [0.25, 0.3) is 0 Å². The van der Waals surface area contributed by atoms with E-state index in [4.69, 9.17) is 42.2 Å². The van der Waals surface area contributed by atoms with Crippen molar-refractivity contribution >= 4 is 12.3 Å². The highest BCUT2D eigenvalue weighted by Gasteiger charge is 1.84. The minimum absolute atomic E-state index is 0.816. The molecule has 0 aliphatic heterocycles. The van der Waals surface area contributed by atoms with E-state index in [1.54, 1.807) is 0 Å². The zero-order valence-corrected chi connectivity index (χ0v) is 16.7. The van der Waals surface area contributed by atoms with Crippen LogP contribution in [0.3, 0.4) is 0 Å². The lowest BCUT2D eigenvalue weighted by atomic mass is 10.1. The number of rotatable bonds is 5. The molecule has 152 valence electrons. The highest BCUT2D eigenvalue weighted by molar-refractivity contribution is 5.53. The molecular formula is C18H39NO6. The topological polar surface area (TPSA) is 141 Å². The predicted molar refractivity (Wildman–Crippen MR) is 103 cm³/mol. The number of unbranched alkanes of at least 4 members (excludes halogenated alkanes) is 4. The van der Waals surface area contributed by atoms with Crippen LogP contribution in [0.4, 0.5) is 9.59 Å². The van der Waals surface area contributed by atoms with Crippen molar-refractivity contribution in [3.05, 3.63) is 0 Å². The summed E-state index contributed by atoms with van der Waals surface area (Å²) in [6.45, 7) is 13.8. The summed E-state index contributed by atoms with van der Waals surface area (Å²) in [6.07, 6.45) is 7.10. The third-order valence-corrected chi connectivity index (χ3v) is 1.28. The second kappa shape index (κ2) is 33.6. The van der Waals surface area contributed by atoms with Crippen LogP contribution in [0.5, 0.6) is 0 Å². The molecule has 7 heteroatoms. The van der Waals surface area contributed by atoms with Crippen molar-refractivity contribution in [2.75, 3.05) is 6.54 Å². The lowest BCUT2D eigenvalue weighted by Crippen LogP contribution is -1.97. The summed E-state index contributed by atoms with van der Waals surface area (Å²) in [7, 11) is 0. The van der Waals surface area contributed by atoms with Gasteiger partial charge in [-0.3, -0.25) is 0 Å². The maximum Gasteiger partial charge on any atom is 0.503 e.